The number of carboxylic acid groups (broad SMARTS) is 1. The van der Waals surface area contributed by atoms with Crippen LogP contribution in [0.2, 0.25) is 0 Å². The SMILES string of the molecule is COc1ccc(NC(=O)C(CCCN=C(N)N)NC(=O)c2cc(NC(=O)C(CCCN=C(N)N)NC(=O)c3cc(NC(=O)C(CCCNCN)NC(=O)c4cc(NC(C)=O)ccc4OC)ccc3OC)ccc2OC)cc1C(=O)NCCC(=O)O. The molecule has 0 spiro atoms. The highest BCUT2D eigenvalue weighted by molar-refractivity contribution is 6.07. The van der Waals surface area contributed by atoms with Crippen LogP contribution in [-0.4, -0.2) is 150 Å². The number of hydrogen-bond acceptors (Lipinski definition) is 17. The summed E-state index contributed by atoms with van der Waals surface area (Å²) in [5.41, 5.74) is 28.1. The van der Waals surface area contributed by atoms with Gasteiger partial charge in [-0.2, -0.15) is 0 Å². The van der Waals surface area contributed by atoms with E-state index in [1.807, 2.05) is 0 Å². The van der Waals surface area contributed by atoms with E-state index in [1.54, 1.807) is 6.07 Å². The molecule has 0 aliphatic carbocycles. The standard InChI is InChI=1S/C55H74N16O14/c1-30(72)65-31-12-16-43(83-3)36(25-31)48(76)69-39(9-6-21-61-29-56)51(79)67-33-14-18-44(84-4)37(27-33)50(78)71-41(11-8-23-64-55(59)60)53(81)68-34-15-19-45(85-5)38(28-34)49(77)70-40(10-7-22-63-54(57)58)52(80)66-32-13-17-42(82-2)35(26-32)47(75)62-24-20-46(73)74/h12-19,25-28,39-41,61H,6-11,20-24,29,56H2,1-5H3,(H,62,75)(H,65,72)(H,66,80)(H,67,79)(H,68,81)(H,69,76)(H,70,77)(H,71,78)(H,73,74)(H4,57,58,63)(H4,59,60,64). The van der Waals surface area contributed by atoms with E-state index in [4.69, 9.17) is 52.7 Å². The minimum absolute atomic E-state index is 0.00617. The molecule has 4 aromatic rings. The van der Waals surface area contributed by atoms with Crippen molar-refractivity contribution in [1.29, 1.82) is 0 Å². The second-order valence-corrected chi connectivity index (χ2v) is 18.5. The first-order valence-electron chi connectivity index (χ1n) is 26.5. The highest BCUT2D eigenvalue weighted by atomic mass is 16.5. The Morgan fingerprint density at radius 1 is 0.482 bits per heavy atom. The molecule has 3 unspecified atom stereocenters. The number of methoxy groups -OCH3 is 4. The molecule has 458 valence electrons. The number of amides is 8. The summed E-state index contributed by atoms with van der Waals surface area (Å²) >= 11 is 0. The van der Waals surface area contributed by atoms with Crippen LogP contribution in [-0.2, 0) is 24.0 Å². The summed E-state index contributed by atoms with van der Waals surface area (Å²) in [4.78, 5) is 128. The summed E-state index contributed by atoms with van der Waals surface area (Å²) in [6.45, 7) is 1.86. The number of carbonyl (C=O) groups is 9. The number of anilines is 4. The van der Waals surface area contributed by atoms with Crippen molar-refractivity contribution >= 4 is 87.9 Å². The molecule has 0 radical (unpaired) electrons. The van der Waals surface area contributed by atoms with Crippen molar-refractivity contribution in [2.75, 3.05) is 82.6 Å². The summed E-state index contributed by atoms with van der Waals surface area (Å²) in [7, 11) is 5.30. The first-order valence-corrected chi connectivity index (χ1v) is 26.5. The molecule has 0 saturated heterocycles. The van der Waals surface area contributed by atoms with Crippen LogP contribution in [0.4, 0.5) is 22.7 Å². The predicted octanol–water partition coefficient (Wildman–Crippen LogP) is 0.488. The Morgan fingerprint density at radius 2 is 0.812 bits per heavy atom. The zero-order chi connectivity index (χ0) is 62.6. The van der Waals surface area contributed by atoms with Crippen LogP contribution in [0.5, 0.6) is 23.0 Å². The largest absolute Gasteiger partial charge is 0.496 e. The molecule has 4 rings (SSSR count). The highest BCUT2D eigenvalue weighted by Crippen LogP contribution is 2.28. The predicted molar refractivity (Wildman–Crippen MR) is 317 cm³/mol. The summed E-state index contributed by atoms with van der Waals surface area (Å²) in [5, 5.41) is 33.4. The fourth-order valence-electron chi connectivity index (χ4n) is 8.18. The fraction of sp³-hybridized carbons (Fsp3) is 0.364. The van der Waals surface area contributed by atoms with E-state index in [0.717, 1.165) is 0 Å². The van der Waals surface area contributed by atoms with Crippen LogP contribution in [0, 0.1) is 0 Å². The maximum Gasteiger partial charge on any atom is 0.305 e. The molecule has 4 aromatic carbocycles. The van der Waals surface area contributed by atoms with Crippen molar-refractivity contribution in [3.8, 4) is 23.0 Å². The average molecular weight is 1180 g/mol. The lowest BCUT2D eigenvalue weighted by atomic mass is 10.1. The van der Waals surface area contributed by atoms with Gasteiger partial charge in [0.25, 0.3) is 23.6 Å². The number of carbonyl (C=O) groups excluding carboxylic acids is 8. The number of guanidine groups is 2. The zero-order valence-corrected chi connectivity index (χ0v) is 47.7. The van der Waals surface area contributed by atoms with Crippen molar-refractivity contribution in [3.05, 3.63) is 95.1 Å². The Hall–Kier alpha value is -10.2. The van der Waals surface area contributed by atoms with E-state index in [-0.39, 0.29) is 145 Å². The summed E-state index contributed by atoms with van der Waals surface area (Å²) in [6, 6.07) is 13.2. The average Bonchev–Trinajstić information content (AvgIpc) is 3.53. The number of nitrogens with zero attached hydrogens (tertiary/aromatic N) is 2. The monoisotopic (exact) mass is 1180 g/mol. The van der Waals surface area contributed by atoms with E-state index in [0.29, 0.717) is 18.7 Å². The maximum atomic E-state index is 14.3. The number of aliphatic imine (C=N–C) groups is 2. The molecule has 0 aromatic heterocycles. The van der Waals surface area contributed by atoms with E-state index in [1.165, 1.54) is 102 Å². The number of benzene rings is 4. The van der Waals surface area contributed by atoms with Crippen LogP contribution in [0.1, 0.15) is 93.3 Å². The summed E-state index contributed by atoms with van der Waals surface area (Å²) in [5.74, 6) is -6.64. The molecular weight excluding hydrogens is 1110 g/mol. The molecule has 0 fully saturated rings. The number of aliphatic carboxylic acids is 1. The van der Waals surface area contributed by atoms with Crippen LogP contribution < -0.4 is 95.5 Å². The lowest BCUT2D eigenvalue weighted by Gasteiger charge is -2.22. The number of rotatable bonds is 34. The number of hydrogen-bond donors (Lipinski definition) is 15. The Bertz CT molecular complexity index is 3090. The Kier molecular flexibility index (Phi) is 27.1. The molecule has 0 bridgehead atoms. The van der Waals surface area contributed by atoms with Gasteiger partial charge in [-0.25, -0.2) is 0 Å². The van der Waals surface area contributed by atoms with Crippen LogP contribution in [0.25, 0.3) is 0 Å². The number of nitrogens with two attached hydrogens (primary N) is 5. The molecule has 8 amide bonds. The Balaban J connectivity index is 1.61. The first-order chi connectivity index (χ1) is 40.6. The van der Waals surface area contributed by atoms with Gasteiger partial charge >= 0.3 is 5.97 Å². The lowest BCUT2D eigenvalue weighted by molar-refractivity contribution is -0.137. The number of carboxylic acids is 1. The van der Waals surface area contributed by atoms with Gasteiger partial charge in [-0.05, 0) is 118 Å². The van der Waals surface area contributed by atoms with Crippen molar-refractivity contribution in [2.45, 2.75) is 70.0 Å². The third kappa shape index (κ3) is 21.9. The van der Waals surface area contributed by atoms with Crippen molar-refractivity contribution in [1.82, 2.24) is 26.6 Å². The van der Waals surface area contributed by atoms with Gasteiger partial charge in [-0.1, -0.05) is 0 Å². The maximum absolute atomic E-state index is 14.3. The van der Waals surface area contributed by atoms with Gasteiger partial charge in [0.05, 0.1) is 57.1 Å². The fourth-order valence-corrected chi connectivity index (χ4v) is 8.18. The van der Waals surface area contributed by atoms with Crippen LogP contribution in [0.3, 0.4) is 0 Å². The number of nitrogens with one attached hydrogen (secondary N) is 9. The Labute approximate surface area is 489 Å². The van der Waals surface area contributed by atoms with E-state index in [9.17, 15) is 43.2 Å². The number of ether oxygens (including phenoxy) is 4. The molecule has 0 saturated carbocycles. The molecule has 0 heterocycles. The van der Waals surface area contributed by atoms with Gasteiger partial charge in [0.1, 0.15) is 41.1 Å². The normalized spacial score (nSPS) is 11.6. The van der Waals surface area contributed by atoms with E-state index < -0.39 is 65.4 Å². The van der Waals surface area contributed by atoms with Gasteiger partial charge in [0, 0.05) is 56.0 Å². The summed E-state index contributed by atoms with van der Waals surface area (Å²) in [6.07, 6.45) is 0.539. The highest BCUT2D eigenvalue weighted by Gasteiger charge is 2.29. The lowest BCUT2D eigenvalue weighted by Crippen LogP contribution is -2.45. The van der Waals surface area contributed by atoms with Crippen molar-refractivity contribution in [2.24, 2.45) is 38.7 Å². The van der Waals surface area contributed by atoms with Crippen molar-refractivity contribution in [3.63, 3.8) is 0 Å². The Morgan fingerprint density at radius 3 is 1.12 bits per heavy atom. The van der Waals surface area contributed by atoms with Crippen molar-refractivity contribution < 1.29 is 67.2 Å². The summed E-state index contributed by atoms with van der Waals surface area (Å²) < 4.78 is 21.7. The van der Waals surface area contributed by atoms with Crippen LogP contribution >= 0.6 is 0 Å². The zero-order valence-electron chi connectivity index (χ0n) is 47.7. The smallest absolute Gasteiger partial charge is 0.305 e. The first kappa shape index (κ1) is 67.3. The third-order valence-electron chi connectivity index (χ3n) is 12.3. The quantitative estimate of drug-likeness (QED) is 0.0131. The second kappa shape index (κ2) is 34.3. The van der Waals surface area contributed by atoms with Gasteiger partial charge in [-0.3, -0.25) is 53.1 Å². The molecule has 30 heteroatoms. The second-order valence-electron chi connectivity index (χ2n) is 18.5. The minimum atomic E-state index is -1.31. The van der Waals surface area contributed by atoms with E-state index >= 15 is 0 Å². The molecule has 0 aliphatic heterocycles. The van der Waals surface area contributed by atoms with Crippen LogP contribution in [0.15, 0.2) is 82.8 Å². The molecule has 85 heavy (non-hydrogen) atoms. The molecule has 20 N–H and O–H groups in total. The van der Waals surface area contributed by atoms with Gasteiger partial charge < -0.3 is 101 Å². The minimum Gasteiger partial charge on any atom is -0.496 e. The van der Waals surface area contributed by atoms with Gasteiger partial charge in [0.15, 0.2) is 11.9 Å². The molecule has 30 nitrogen and oxygen atoms in total. The molecule has 3 atom stereocenters. The van der Waals surface area contributed by atoms with Gasteiger partial charge in [-0.15, -0.1) is 0 Å². The third-order valence-corrected chi connectivity index (χ3v) is 12.3. The molecule has 0 aliphatic rings. The molecular formula is C55H74N16O14. The topological polar surface area (TPSA) is 474 Å². The van der Waals surface area contributed by atoms with E-state index in [2.05, 4.69) is 57.8 Å². The van der Waals surface area contributed by atoms with Gasteiger partial charge in [0.2, 0.25) is 23.6 Å².